The van der Waals surface area contributed by atoms with Crippen LogP contribution in [0.15, 0.2) is 36.4 Å². The number of carbonyl (C=O) groups excluding carboxylic acids is 2. The second-order valence-corrected chi connectivity index (χ2v) is 7.32. The normalized spacial score (nSPS) is 10.7. The molecule has 0 spiro atoms. The van der Waals surface area contributed by atoms with E-state index >= 15 is 0 Å². The van der Waals surface area contributed by atoms with E-state index in [0.717, 1.165) is 15.2 Å². The lowest BCUT2D eigenvalue weighted by Gasteiger charge is -2.07. The Balaban J connectivity index is 1.59. The van der Waals surface area contributed by atoms with Crippen LogP contribution in [0.4, 0.5) is 5.69 Å². The number of fused-ring (bicyclic) bond motifs is 1. The molecule has 0 unspecified atom stereocenters. The van der Waals surface area contributed by atoms with Crippen molar-refractivity contribution in [3.63, 3.8) is 0 Å². The Morgan fingerprint density at radius 3 is 2.68 bits per heavy atom. The van der Waals surface area contributed by atoms with Gasteiger partial charge in [-0.15, -0.1) is 11.3 Å². The molecule has 5 nitrogen and oxygen atoms in total. The van der Waals surface area contributed by atoms with Crippen molar-refractivity contribution in [3.8, 4) is 0 Å². The van der Waals surface area contributed by atoms with E-state index < -0.39 is 5.91 Å². The van der Waals surface area contributed by atoms with Crippen molar-refractivity contribution in [2.75, 3.05) is 11.9 Å². The van der Waals surface area contributed by atoms with Crippen LogP contribution in [0.2, 0.25) is 10.0 Å². The van der Waals surface area contributed by atoms with Gasteiger partial charge in [0.05, 0.1) is 31.8 Å². The third-order valence-electron chi connectivity index (χ3n) is 3.37. The fraction of sp³-hybridized carbons (Fsp3) is 0.118. The first-order valence-corrected chi connectivity index (χ1v) is 8.90. The van der Waals surface area contributed by atoms with Crippen LogP contribution in [0.1, 0.15) is 15.4 Å². The van der Waals surface area contributed by atoms with Crippen molar-refractivity contribution in [1.29, 1.82) is 0 Å². The fourth-order valence-corrected chi connectivity index (χ4v) is 3.39. The lowest BCUT2D eigenvalue weighted by molar-refractivity contribution is -0.115. The number of benzene rings is 2. The number of nitrogens with zero attached hydrogens (tertiary/aromatic N) is 1. The number of aromatic nitrogens is 1. The smallest absolute Gasteiger partial charge is 0.251 e. The van der Waals surface area contributed by atoms with Crippen LogP contribution in [-0.2, 0) is 4.79 Å². The van der Waals surface area contributed by atoms with Crippen LogP contribution in [-0.4, -0.2) is 23.3 Å². The van der Waals surface area contributed by atoms with Crippen LogP contribution >= 0.6 is 34.5 Å². The molecule has 2 aromatic carbocycles. The minimum Gasteiger partial charge on any atom is -0.343 e. The fourth-order valence-electron chi connectivity index (χ4n) is 2.22. The first kappa shape index (κ1) is 17.7. The Morgan fingerprint density at radius 1 is 1.12 bits per heavy atom. The number of rotatable bonds is 4. The third-order valence-corrected chi connectivity index (χ3v) is 5.04. The molecule has 1 aromatic heterocycles. The highest BCUT2D eigenvalue weighted by Gasteiger charge is 2.10. The van der Waals surface area contributed by atoms with Gasteiger partial charge in [0.2, 0.25) is 5.91 Å². The van der Waals surface area contributed by atoms with Crippen molar-refractivity contribution < 1.29 is 9.59 Å². The second-order valence-electron chi connectivity index (χ2n) is 5.28. The molecule has 0 saturated heterocycles. The number of aryl methyl sites for hydroxylation is 1. The van der Waals surface area contributed by atoms with E-state index in [-0.39, 0.29) is 17.5 Å². The maximum atomic E-state index is 12.0. The van der Waals surface area contributed by atoms with Gasteiger partial charge in [0.1, 0.15) is 0 Å². The molecule has 0 saturated carbocycles. The highest BCUT2D eigenvalue weighted by molar-refractivity contribution is 7.18. The number of nitrogens with one attached hydrogen (secondary N) is 2. The number of halogens is 2. The van der Waals surface area contributed by atoms with Gasteiger partial charge in [-0.05, 0) is 43.3 Å². The Morgan fingerprint density at radius 2 is 1.92 bits per heavy atom. The lowest BCUT2D eigenvalue weighted by atomic mass is 10.2. The van der Waals surface area contributed by atoms with E-state index in [2.05, 4.69) is 15.6 Å². The van der Waals surface area contributed by atoms with Gasteiger partial charge in [0.25, 0.3) is 5.91 Å². The summed E-state index contributed by atoms with van der Waals surface area (Å²) < 4.78 is 0.996. The summed E-state index contributed by atoms with van der Waals surface area (Å²) in [5.74, 6) is -0.726. The lowest BCUT2D eigenvalue weighted by Crippen LogP contribution is -2.32. The minimum atomic E-state index is -0.401. The molecule has 0 fully saturated rings. The van der Waals surface area contributed by atoms with Gasteiger partial charge in [0, 0.05) is 11.3 Å². The molecule has 0 radical (unpaired) electrons. The molecule has 3 aromatic rings. The molecular weight excluding hydrogens is 381 g/mol. The molecule has 0 aliphatic rings. The second kappa shape index (κ2) is 7.39. The van der Waals surface area contributed by atoms with Crippen molar-refractivity contribution in [2.24, 2.45) is 0 Å². The Kier molecular flexibility index (Phi) is 5.22. The topological polar surface area (TPSA) is 71.1 Å². The zero-order chi connectivity index (χ0) is 18.0. The van der Waals surface area contributed by atoms with Crippen LogP contribution < -0.4 is 10.6 Å². The summed E-state index contributed by atoms with van der Waals surface area (Å²) in [5.41, 5.74) is 1.89. The van der Waals surface area contributed by atoms with Gasteiger partial charge in [-0.25, -0.2) is 4.98 Å². The quantitative estimate of drug-likeness (QED) is 0.694. The van der Waals surface area contributed by atoms with Gasteiger partial charge in [-0.3, -0.25) is 9.59 Å². The largest absolute Gasteiger partial charge is 0.343 e. The molecule has 0 atom stereocenters. The first-order chi connectivity index (χ1) is 11.9. The third kappa shape index (κ3) is 4.28. The van der Waals surface area contributed by atoms with Crippen LogP contribution in [0.5, 0.6) is 0 Å². The molecular formula is C17H13Cl2N3O2S. The standard InChI is InChI=1S/C17H13Cl2N3O2S/c1-9-21-14-5-3-11(7-15(14)25-9)22-16(23)8-20-17(24)10-2-4-12(18)13(19)6-10/h2-7H,8H2,1H3,(H,20,24)(H,22,23). The maximum absolute atomic E-state index is 12.0. The van der Waals surface area contributed by atoms with Gasteiger partial charge in [-0.1, -0.05) is 23.2 Å². The summed E-state index contributed by atoms with van der Waals surface area (Å²) in [7, 11) is 0. The SMILES string of the molecule is Cc1nc2ccc(NC(=O)CNC(=O)c3ccc(Cl)c(Cl)c3)cc2s1. The number of hydrogen-bond donors (Lipinski definition) is 2. The summed E-state index contributed by atoms with van der Waals surface area (Å²) >= 11 is 13.3. The number of amides is 2. The van der Waals surface area contributed by atoms with E-state index in [9.17, 15) is 9.59 Å². The first-order valence-electron chi connectivity index (χ1n) is 7.32. The molecule has 128 valence electrons. The van der Waals surface area contributed by atoms with E-state index in [1.165, 1.54) is 12.1 Å². The van der Waals surface area contributed by atoms with Crippen molar-refractivity contribution in [1.82, 2.24) is 10.3 Å². The van der Waals surface area contributed by atoms with Crippen LogP contribution in [0.25, 0.3) is 10.2 Å². The predicted octanol–water partition coefficient (Wildman–Crippen LogP) is 4.28. The van der Waals surface area contributed by atoms with E-state index in [0.29, 0.717) is 16.3 Å². The molecule has 1 heterocycles. The maximum Gasteiger partial charge on any atom is 0.251 e. The average molecular weight is 394 g/mol. The van der Waals surface area contributed by atoms with Gasteiger partial charge >= 0.3 is 0 Å². The molecule has 25 heavy (non-hydrogen) atoms. The summed E-state index contributed by atoms with van der Waals surface area (Å²) in [6.45, 7) is 1.78. The van der Waals surface area contributed by atoms with Crippen molar-refractivity contribution >= 4 is 62.3 Å². The summed E-state index contributed by atoms with van der Waals surface area (Å²) in [6, 6.07) is 10.0. The molecule has 8 heteroatoms. The average Bonchev–Trinajstić information content (AvgIpc) is 2.94. The number of carbonyl (C=O) groups is 2. The summed E-state index contributed by atoms with van der Waals surface area (Å²) in [5, 5.41) is 6.91. The highest BCUT2D eigenvalue weighted by Crippen LogP contribution is 2.25. The summed E-state index contributed by atoms with van der Waals surface area (Å²) in [6.07, 6.45) is 0. The van der Waals surface area contributed by atoms with E-state index in [1.807, 2.05) is 19.1 Å². The Hall–Kier alpha value is -2.15. The zero-order valence-corrected chi connectivity index (χ0v) is 15.4. The Labute approximate surface area is 158 Å². The predicted molar refractivity (Wildman–Crippen MR) is 102 cm³/mol. The number of anilines is 1. The van der Waals surface area contributed by atoms with Gasteiger partial charge < -0.3 is 10.6 Å². The van der Waals surface area contributed by atoms with Gasteiger partial charge in [0.15, 0.2) is 0 Å². The Bertz CT molecular complexity index is 972. The highest BCUT2D eigenvalue weighted by atomic mass is 35.5. The van der Waals surface area contributed by atoms with Crippen LogP contribution in [0, 0.1) is 6.92 Å². The molecule has 0 aliphatic heterocycles. The number of thiazole rings is 1. The number of hydrogen-bond acceptors (Lipinski definition) is 4. The van der Waals surface area contributed by atoms with Gasteiger partial charge in [-0.2, -0.15) is 0 Å². The van der Waals surface area contributed by atoms with Crippen LogP contribution in [0.3, 0.4) is 0 Å². The van der Waals surface area contributed by atoms with Crippen molar-refractivity contribution in [3.05, 3.63) is 57.0 Å². The van der Waals surface area contributed by atoms with Crippen molar-refractivity contribution in [2.45, 2.75) is 6.92 Å². The molecule has 2 N–H and O–H groups in total. The zero-order valence-electron chi connectivity index (χ0n) is 13.1. The van der Waals surface area contributed by atoms with E-state index in [1.54, 1.807) is 23.5 Å². The summed E-state index contributed by atoms with van der Waals surface area (Å²) in [4.78, 5) is 28.4. The molecule has 2 amide bonds. The minimum absolute atomic E-state index is 0.154. The monoisotopic (exact) mass is 393 g/mol. The van der Waals surface area contributed by atoms with E-state index in [4.69, 9.17) is 23.2 Å². The molecule has 0 aliphatic carbocycles. The molecule has 0 bridgehead atoms. The molecule has 3 rings (SSSR count).